The van der Waals surface area contributed by atoms with Gasteiger partial charge >= 0.3 is 5.97 Å². The summed E-state index contributed by atoms with van der Waals surface area (Å²) in [7, 11) is -3.72. The molecular weight excluding hydrogens is 266 g/mol. The van der Waals surface area contributed by atoms with Gasteiger partial charge in [-0.1, -0.05) is 12.1 Å². The first-order chi connectivity index (χ1) is 8.77. The van der Waals surface area contributed by atoms with E-state index in [1.54, 1.807) is 19.9 Å². The molecule has 1 aromatic rings. The van der Waals surface area contributed by atoms with Crippen LogP contribution in [0.15, 0.2) is 35.7 Å². The lowest BCUT2D eigenvalue weighted by Crippen LogP contribution is -2.32. The molecule has 0 spiro atoms. The highest BCUT2D eigenvalue weighted by molar-refractivity contribution is 7.89. The Hall–Kier alpha value is -1.66. The summed E-state index contributed by atoms with van der Waals surface area (Å²) >= 11 is 0. The predicted molar refractivity (Wildman–Crippen MR) is 72.7 cm³/mol. The number of aromatic carboxylic acids is 1. The van der Waals surface area contributed by atoms with Gasteiger partial charge in [0.05, 0.1) is 10.5 Å². The molecule has 0 bridgehead atoms. The number of carboxylic acid groups (broad SMARTS) is 1. The zero-order chi connectivity index (χ0) is 14.6. The van der Waals surface area contributed by atoms with Gasteiger partial charge in [0.25, 0.3) is 0 Å². The fourth-order valence-corrected chi connectivity index (χ4v) is 2.91. The van der Waals surface area contributed by atoms with Gasteiger partial charge in [-0.25, -0.2) is 17.9 Å². The van der Waals surface area contributed by atoms with Crippen molar-refractivity contribution in [2.75, 3.05) is 0 Å². The summed E-state index contributed by atoms with van der Waals surface area (Å²) in [4.78, 5) is 10.9. The van der Waals surface area contributed by atoms with Crippen LogP contribution in [0, 0.1) is 6.92 Å². The molecule has 104 valence electrons. The second-order valence-corrected chi connectivity index (χ2v) is 6.04. The van der Waals surface area contributed by atoms with Crippen molar-refractivity contribution in [1.29, 1.82) is 0 Å². The molecular formula is C13H17NO4S. The van der Waals surface area contributed by atoms with Gasteiger partial charge in [0.15, 0.2) is 0 Å². The van der Waals surface area contributed by atoms with Crippen LogP contribution in [-0.2, 0) is 10.0 Å². The van der Waals surface area contributed by atoms with Crippen molar-refractivity contribution in [3.8, 4) is 0 Å². The minimum atomic E-state index is -3.72. The van der Waals surface area contributed by atoms with Crippen molar-refractivity contribution < 1.29 is 18.3 Å². The number of carboxylic acids is 1. The van der Waals surface area contributed by atoms with Crippen molar-refractivity contribution >= 4 is 16.0 Å². The van der Waals surface area contributed by atoms with E-state index >= 15 is 0 Å². The molecule has 2 N–H and O–H groups in total. The minimum Gasteiger partial charge on any atom is -0.478 e. The van der Waals surface area contributed by atoms with Gasteiger partial charge in [-0.05, 0) is 38.0 Å². The van der Waals surface area contributed by atoms with E-state index in [0.717, 1.165) is 0 Å². The molecule has 0 amide bonds. The Labute approximate surface area is 113 Å². The largest absolute Gasteiger partial charge is 0.478 e. The average Bonchev–Trinajstić information content (AvgIpc) is 2.28. The normalized spacial score (nSPS) is 12.9. The fraction of sp³-hybridized carbons (Fsp3) is 0.308. The second kappa shape index (κ2) is 5.99. The summed E-state index contributed by atoms with van der Waals surface area (Å²) in [6.07, 6.45) is 2.11. The number of nitrogens with one attached hydrogen (secondary N) is 1. The second-order valence-electron chi connectivity index (χ2n) is 4.33. The number of aryl methyl sites for hydroxylation is 1. The van der Waals surface area contributed by atoms with Crippen LogP contribution in [0.2, 0.25) is 0 Å². The summed E-state index contributed by atoms with van der Waals surface area (Å²) in [5.41, 5.74) is 0.504. The van der Waals surface area contributed by atoms with Crippen LogP contribution in [0.4, 0.5) is 0 Å². The van der Waals surface area contributed by atoms with E-state index in [-0.39, 0.29) is 16.5 Å². The van der Waals surface area contributed by atoms with Crippen molar-refractivity contribution in [3.05, 3.63) is 42.0 Å². The maximum Gasteiger partial charge on any atom is 0.335 e. The number of sulfonamides is 1. The first kappa shape index (κ1) is 15.4. The van der Waals surface area contributed by atoms with Gasteiger partial charge in [-0.15, -0.1) is 6.58 Å². The van der Waals surface area contributed by atoms with Crippen LogP contribution in [0.25, 0.3) is 0 Å². The van der Waals surface area contributed by atoms with Gasteiger partial charge in [-0.3, -0.25) is 0 Å². The third-order valence-corrected chi connectivity index (χ3v) is 4.21. The zero-order valence-corrected chi connectivity index (χ0v) is 11.7. The SMILES string of the molecule is C=CCC(C)NS(=O)(=O)c1ccc(C)c(C(=O)O)c1. The van der Waals surface area contributed by atoms with Crippen molar-refractivity contribution in [2.45, 2.75) is 31.2 Å². The maximum atomic E-state index is 12.1. The molecule has 6 heteroatoms. The molecule has 0 aliphatic heterocycles. The fourth-order valence-electron chi connectivity index (χ4n) is 1.63. The molecule has 0 saturated carbocycles. The Morgan fingerprint density at radius 2 is 2.16 bits per heavy atom. The molecule has 0 heterocycles. The van der Waals surface area contributed by atoms with E-state index in [1.165, 1.54) is 18.2 Å². The topological polar surface area (TPSA) is 83.5 Å². The molecule has 0 aliphatic rings. The Bertz CT molecular complexity index is 593. The standard InChI is InChI=1S/C13H17NO4S/c1-4-5-10(3)14-19(17,18)11-7-6-9(2)12(8-11)13(15)16/h4,6-8,10,14H,1,5H2,2-3H3,(H,15,16). The number of rotatable bonds is 6. The third kappa shape index (κ3) is 3.90. The van der Waals surface area contributed by atoms with E-state index in [1.807, 2.05) is 0 Å². The molecule has 1 rings (SSSR count). The molecule has 1 unspecified atom stereocenters. The Morgan fingerprint density at radius 3 is 2.68 bits per heavy atom. The van der Waals surface area contributed by atoms with E-state index in [4.69, 9.17) is 5.11 Å². The van der Waals surface area contributed by atoms with Gasteiger partial charge in [0.1, 0.15) is 0 Å². The highest BCUT2D eigenvalue weighted by atomic mass is 32.2. The van der Waals surface area contributed by atoms with Crippen LogP contribution in [0.5, 0.6) is 0 Å². The van der Waals surface area contributed by atoms with Crippen molar-refractivity contribution in [3.63, 3.8) is 0 Å². The molecule has 1 atom stereocenters. The molecule has 5 nitrogen and oxygen atoms in total. The smallest absolute Gasteiger partial charge is 0.335 e. The Balaban J connectivity index is 3.12. The third-order valence-electron chi connectivity index (χ3n) is 2.63. The average molecular weight is 283 g/mol. The van der Waals surface area contributed by atoms with Gasteiger partial charge in [-0.2, -0.15) is 0 Å². The van der Waals surface area contributed by atoms with Crippen molar-refractivity contribution in [2.24, 2.45) is 0 Å². The summed E-state index contributed by atoms with van der Waals surface area (Å²) < 4.78 is 26.6. The molecule has 0 saturated heterocycles. The van der Waals surface area contributed by atoms with Crippen LogP contribution >= 0.6 is 0 Å². The lowest BCUT2D eigenvalue weighted by Gasteiger charge is -2.13. The minimum absolute atomic E-state index is 0.0146. The lowest BCUT2D eigenvalue weighted by atomic mass is 10.1. The monoisotopic (exact) mass is 283 g/mol. The van der Waals surface area contributed by atoms with Gasteiger partial charge in [0, 0.05) is 6.04 Å². The number of carbonyl (C=O) groups is 1. The van der Waals surface area contributed by atoms with E-state index in [0.29, 0.717) is 12.0 Å². The maximum absolute atomic E-state index is 12.1. The van der Waals surface area contributed by atoms with E-state index in [2.05, 4.69) is 11.3 Å². The highest BCUT2D eigenvalue weighted by Crippen LogP contribution is 2.16. The van der Waals surface area contributed by atoms with Crippen LogP contribution in [0.1, 0.15) is 29.3 Å². The first-order valence-corrected chi connectivity index (χ1v) is 7.23. The Morgan fingerprint density at radius 1 is 1.53 bits per heavy atom. The number of benzene rings is 1. The molecule has 0 aliphatic carbocycles. The van der Waals surface area contributed by atoms with E-state index in [9.17, 15) is 13.2 Å². The summed E-state index contributed by atoms with van der Waals surface area (Å²) in [5.74, 6) is -1.14. The quantitative estimate of drug-likeness (QED) is 0.781. The van der Waals surface area contributed by atoms with Crippen LogP contribution in [0.3, 0.4) is 0 Å². The Kier molecular flexibility index (Phi) is 4.85. The van der Waals surface area contributed by atoms with Crippen LogP contribution < -0.4 is 4.72 Å². The van der Waals surface area contributed by atoms with Gasteiger partial charge in [0.2, 0.25) is 10.0 Å². The first-order valence-electron chi connectivity index (χ1n) is 5.75. The number of hydrogen-bond acceptors (Lipinski definition) is 3. The molecule has 19 heavy (non-hydrogen) atoms. The summed E-state index contributed by atoms with van der Waals surface area (Å²) in [6.45, 7) is 6.87. The summed E-state index contributed by atoms with van der Waals surface area (Å²) in [5, 5.41) is 8.99. The van der Waals surface area contributed by atoms with Crippen LogP contribution in [-0.4, -0.2) is 25.5 Å². The molecule has 1 aromatic carbocycles. The molecule has 0 fully saturated rings. The molecule has 0 aromatic heterocycles. The van der Waals surface area contributed by atoms with Crippen molar-refractivity contribution in [1.82, 2.24) is 4.72 Å². The zero-order valence-electron chi connectivity index (χ0n) is 10.9. The lowest BCUT2D eigenvalue weighted by molar-refractivity contribution is 0.0696. The number of hydrogen-bond donors (Lipinski definition) is 2. The predicted octanol–water partition coefficient (Wildman–Crippen LogP) is 1.94. The van der Waals surface area contributed by atoms with Gasteiger partial charge < -0.3 is 5.11 Å². The molecule has 0 radical (unpaired) electrons. The van der Waals surface area contributed by atoms with E-state index < -0.39 is 16.0 Å². The summed E-state index contributed by atoms with van der Waals surface area (Å²) in [6, 6.07) is 3.75. The highest BCUT2D eigenvalue weighted by Gasteiger charge is 2.19.